The van der Waals surface area contributed by atoms with Gasteiger partial charge in [0.1, 0.15) is 0 Å². The summed E-state index contributed by atoms with van der Waals surface area (Å²) in [6.45, 7) is 2.63. The molecule has 0 aromatic rings. The van der Waals surface area contributed by atoms with Gasteiger partial charge in [-0.15, -0.1) is 11.6 Å². The summed E-state index contributed by atoms with van der Waals surface area (Å²) in [6.07, 6.45) is 4.17. The van der Waals surface area contributed by atoms with Crippen molar-refractivity contribution in [3.8, 4) is 0 Å². The molecule has 3 fully saturated rings. The zero-order valence-corrected chi connectivity index (χ0v) is 10.8. The van der Waals surface area contributed by atoms with Crippen LogP contribution in [0.1, 0.15) is 26.2 Å². The number of nitrogens with zero attached hydrogens (tertiary/aromatic N) is 1. The smallest absolute Gasteiger partial charge is 0.226 e. The highest BCUT2D eigenvalue weighted by Crippen LogP contribution is 2.69. The number of hydrogen-bond acceptors (Lipinski definition) is 1. The van der Waals surface area contributed by atoms with Crippen LogP contribution >= 0.6 is 11.6 Å². The Labute approximate surface area is 102 Å². The highest BCUT2D eigenvalue weighted by Gasteiger charge is 2.67. The molecule has 5 unspecified atom stereocenters. The first-order valence-electron chi connectivity index (χ1n) is 6.48. The molecular weight excluding hydrogens is 222 g/mol. The number of halogens is 1. The molecular formula is C13H20ClNO. The Morgan fingerprint density at radius 3 is 2.44 bits per heavy atom. The Balaban J connectivity index is 1.62. The number of amides is 1. The average Bonchev–Trinajstić information content (AvgIpc) is 2.64. The number of hydrogen-bond donors (Lipinski definition) is 0. The van der Waals surface area contributed by atoms with E-state index in [4.69, 9.17) is 11.6 Å². The van der Waals surface area contributed by atoms with E-state index in [9.17, 15) is 4.79 Å². The fourth-order valence-electron chi connectivity index (χ4n) is 4.38. The molecule has 0 spiro atoms. The largest absolute Gasteiger partial charge is 0.344 e. The molecule has 2 bridgehead atoms. The molecule has 16 heavy (non-hydrogen) atoms. The maximum absolute atomic E-state index is 12.2. The van der Waals surface area contributed by atoms with Crippen molar-refractivity contribution in [2.75, 3.05) is 13.6 Å². The predicted octanol–water partition coefficient (Wildman–Crippen LogP) is 2.36. The van der Waals surface area contributed by atoms with Gasteiger partial charge in [-0.1, -0.05) is 0 Å². The lowest BCUT2D eigenvalue weighted by Crippen LogP contribution is -2.34. The highest BCUT2D eigenvalue weighted by atomic mass is 35.5. The first-order valence-corrected chi connectivity index (χ1v) is 6.92. The fraction of sp³-hybridized carbons (Fsp3) is 0.923. The van der Waals surface area contributed by atoms with Crippen molar-refractivity contribution in [2.45, 2.75) is 31.6 Å². The molecule has 3 rings (SSSR count). The van der Waals surface area contributed by atoms with Gasteiger partial charge in [-0.25, -0.2) is 0 Å². The zero-order chi connectivity index (χ0) is 11.4. The van der Waals surface area contributed by atoms with E-state index in [1.54, 1.807) is 0 Å². The molecule has 3 aliphatic rings. The number of alkyl halides is 1. The number of fused-ring (bicyclic) bond motifs is 5. The van der Waals surface area contributed by atoms with Gasteiger partial charge in [0, 0.05) is 24.9 Å². The van der Waals surface area contributed by atoms with Crippen molar-refractivity contribution < 1.29 is 4.79 Å². The molecule has 2 nitrogen and oxygen atoms in total. The molecule has 0 N–H and O–H groups in total. The molecule has 0 saturated heterocycles. The van der Waals surface area contributed by atoms with Crippen molar-refractivity contribution in [1.82, 2.24) is 4.90 Å². The van der Waals surface area contributed by atoms with Gasteiger partial charge in [0.05, 0.1) is 0 Å². The molecule has 5 atom stereocenters. The van der Waals surface area contributed by atoms with E-state index in [0.717, 1.165) is 23.7 Å². The predicted molar refractivity (Wildman–Crippen MR) is 64.3 cm³/mol. The second kappa shape index (κ2) is 3.63. The van der Waals surface area contributed by atoms with Crippen LogP contribution in [0.5, 0.6) is 0 Å². The highest BCUT2D eigenvalue weighted by molar-refractivity contribution is 6.20. The Hall–Kier alpha value is -0.240. The van der Waals surface area contributed by atoms with Crippen molar-refractivity contribution >= 4 is 17.5 Å². The average molecular weight is 242 g/mol. The van der Waals surface area contributed by atoms with Gasteiger partial charge in [0.25, 0.3) is 0 Å². The summed E-state index contributed by atoms with van der Waals surface area (Å²) in [5.74, 6) is 3.99. The van der Waals surface area contributed by atoms with Crippen molar-refractivity contribution in [3.63, 3.8) is 0 Å². The van der Waals surface area contributed by atoms with Crippen LogP contribution in [0.3, 0.4) is 0 Å². The van der Waals surface area contributed by atoms with E-state index in [2.05, 4.69) is 0 Å². The third kappa shape index (κ3) is 1.49. The van der Waals surface area contributed by atoms with Gasteiger partial charge >= 0.3 is 0 Å². The van der Waals surface area contributed by atoms with Gasteiger partial charge in [-0.3, -0.25) is 4.79 Å². The maximum Gasteiger partial charge on any atom is 0.226 e. The van der Waals surface area contributed by atoms with E-state index in [-0.39, 0.29) is 5.38 Å². The summed E-state index contributed by atoms with van der Waals surface area (Å²) in [5.41, 5.74) is 0. The first kappa shape index (κ1) is 10.9. The van der Waals surface area contributed by atoms with Crippen LogP contribution in [-0.2, 0) is 4.79 Å². The summed E-state index contributed by atoms with van der Waals surface area (Å²) in [4.78, 5) is 14.1. The zero-order valence-electron chi connectivity index (χ0n) is 10.0. The van der Waals surface area contributed by atoms with E-state index in [0.29, 0.717) is 18.4 Å². The molecule has 90 valence electrons. The lowest BCUT2D eigenvalue weighted by atomic mass is 10.0. The summed E-state index contributed by atoms with van der Waals surface area (Å²) in [6, 6.07) is 0. The second-order valence-electron chi connectivity index (χ2n) is 6.01. The molecule has 3 heteroatoms. The van der Waals surface area contributed by atoms with Gasteiger partial charge in [0.15, 0.2) is 0 Å². The van der Waals surface area contributed by atoms with Crippen LogP contribution in [0.2, 0.25) is 0 Å². The van der Waals surface area contributed by atoms with E-state index in [1.165, 1.54) is 19.3 Å². The van der Waals surface area contributed by atoms with E-state index in [1.807, 2.05) is 18.9 Å². The monoisotopic (exact) mass is 241 g/mol. The van der Waals surface area contributed by atoms with Crippen LogP contribution in [0, 0.1) is 29.6 Å². The third-order valence-corrected chi connectivity index (χ3v) is 5.06. The Bertz CT molecular complexity index is 301. The lowest BCUT2D eigenvalue weighted by Gasteiger charge is -2.20. The number of carbonyl (C=O) groups is 1. The second-order valence-corrected chi connectivity index (χ2v) is 6.76. The molecule has 0 heterocycles. The molecule has 0 radical (unpaired) electrons. The fourth-order valence-corrected chi connectivity index (χ4v) is 4.58. The quantitative estimate of drug-likeness (QED) is 0.695. The standard InChI is InChI=1S/C13H20ClNO/c1-7(14)6-15(2)13(16)12-10-8-3-4-9(5-8)11(10)12/h7-12H,3-6H2,1-2H3. The topological polar surface area (TPSA) is 20.3 Å². The minimum Gasteiger partial charge on any atom is -0.344 e. The summed E-state index contributed by atoms with van der Waals surface area (Å²) in [7, 11) is 1.90. The molecule has 1 amide bonds. The van der Waals surface area contributed by atoms with E-state index < -0.39 is 0 Å². The molecule has 3 aliphatic carbocycles. The molecule has 0 aromatic heterocycles. The van der Waals surface area contributed by atoms with Gasteiger partial charge in [-0.05, 0) is 49.9 Å². The normalized spacial score (nSPS) is 45.3. The summed E-state index contributed by atoms with van der Waals surface area (Å²) in [5, 5.41) is 0.0595. The Morgan fingerprint density at radius 2 is 1.94 bits per heavy atom. The molecule has 0 aromatic carbocycles. The summed E-state index contributed by atoms with van der Waals surface area (Å²) >= 11 is 5.94. The Kier molecular flexibility index (Phi) is 2.47. The maximum atomic E-state index is 12.2. The van der Waals surface area contributed by atoms with Crippen molar-refractivity contribution in [2.24, 2.45) is 29.6 Å². The van der Waals surface area contributed by atoms with Crippen LogP contribution < -0.4 is 0 Å². The van der Waals surface area contributed by atoms with Gasteiger partial charge in [0.2, 0.25) is 5.91 Å². The summed E-state index contributed by atoms with van der Waals surface area (Å²) < 4.78 is 0. The van der Waals surface area contributed by atoms with Crippen LogP contribution in [-0.4, -0.2) is 29.8 Å². The van der Waals surface area contributed by atoms with Gasteiger partial charge in [-0.2, -0.15) is 0 Å². The SMILES string of the molecule is CC(Cl)CN(C)C(=O)C1C2C3CCC(C3)C12. The minimum atomic E-state index is 0.0595. The minimum absolute atomic E-state index is 0.0595. The lowest BCUT2D eigenvalue weighted by molar-refractivity contribution is -0.132. The Morgan fingerprint density at radius 1 is 1.38 bits per heavy atom. The number of carbonyl (C=O) groups excluding carboxylic acids is 1. The van der Waals surface area contributed by atoms with Crippen LogP contribution in [0.25, 0.3) is 0 Å². The third-order valence-electron chi connectivity index (χ3n) is 4.92. The molecule has 0 aliphatic heterocycles. The first-order chi connectivity index (χ1) is 7.59. The van der Waals surface area contributed by atoms with Crippen LogP contribution in [0.15, 0.2) is 0 Å². The molecule has 3 saturated carbocycles. The number of rotatable bonds is 3. The van der Waals surface area contributed by atoms with Gasteiger partial charge < -0.3 is 4.90 Å². The van der Waals surface area contributed by atoms with Crippen molar-refractivity contribution in [3.05, 3.63) is 0 Å². The van der Waals surface area contributed by atoms with E-state index >= 15 is 0 Å². The van der Waals surface area contributed by atoms with Crippen LogP contribution in [0.4, 0.5) is 0 Å². The van der Waals surface area contributed by atoms with Crippen molar-refractivity contribution in [1.29, 1.82) is 0 Å².